The predicted molar refractivity (Wildman–Crippen MR) is 94.1 cm³/mol. The number of nitrogens with one attached hydrogen (secondary N) is 1. The summed E-state index contributed by atoms with van der Waals surface area (Å²) in [5.74, 6) is 0.111. The Morgan fingerprint density at radius 1 is 1.04 bits per heavy atom. The molecule has 0 saturated heterocycles. The molecule has 6 heteroatoms. The maximum atomic E-state index is 13.0. The van der Waals surface area contributed by atoms with E-state index in [1.807, 2.05) is 54.6 Å². The Morgan fingerprint density at radius 3 is 2.39 bits per heavy atom. The van der Waals surface area contributed by atoms with Gasteiger partial charge >= 0.3 is 0 Å². The van der Waals surface area contributed by atoms with Crippen molar-refractivity contribution >= 4 is 34.0 Å². The highest BCUT2D eigenvalue weighted by Gasteiger charge is 2.34. The molecular formula is C17H19N3O2S. The van der Waals surface area contributed by atoms with Gasteiger partial charge in [0.2, 0.25) is 11.2 Å². The van der Waals surface area contributed by atoms with E-state index in [0.29, 0.717) is 19.5 Å². The van der Waals surface area contributed by atoms with Gasteiger partial charge in [-0.15, -0.1) is 0 Å². The summed E-state index contributed by atoms with van der Waals surface area (Å²) in [7, 11) is 1.75. The lowest BCUT2D eigenvalue weighted by atomic mass is 10.2. The van der Waals surface area contributed by atoms with Crippen molar-refractivity contribution in [3.8, 4) is 0 Å². The first-order valence-corrected chi connectivity index (χ1v) is 8.59. The average Bonchev–Trinajstić information content (AvgIpc) is 2.85. The topological polar surface area (TPSA) is 52.7 Å². The lowest BCUT2D eigenvalue weighted by molar-refractivity contribution is -0.117. The first-order chi connectivity index (χ1) is 11.2. The lowest BCUT2D eigenvalue weighted by Crippen LogP contribution is -2.32. The Hall–Kier alpha value is -2.18. The standard InChI is InChI=1S/C17H19N3O2S/c1-18-13-15(21)11-12-19-16-9-5-6-10-17(16)20(23(19)22)14-7-3-2-4-8-14/h2-10,18H,11-13H2,1H3. The largest absolute Gasteiger partial charge is 0.313 e. The molecule has 0 spiro atoms. The highest BCUT2D eigenvalue weighted by molar-refractivity contribution is 7.88. The summed E-state index contributed by atoms with van der Waals surface area (Å²) in [6, 6.07) is 17.4. The molecule has 0 fully saturated rings. The second-order valence-electron chi connectivity index (χ2n) is 5.27. The van der Waals surface area contributed by atoms with E-state index in [4.69, 9.17) is 0 Å². The van der Waals surface area contributed by atoms with Gasteiger partial charge in [0.15, 0.2) is 0 Å². The maximum absolute atomic E-state index is 13.0. The minimum absolute atomic E-state index is 0.111. The fourth-order valence-electron chi connectivity index (χ4n) is 2.62. The van der Waals surface area contributed by atoms with Crippen LogP contribution in [0, 0.1) is 0 Å². The van der Waals surface area contributed by atoms with Gasteiger partial charge in [0.1, 0.15) is 5.78 Å². The van der Waals surface area contributed by atoms with E-state index in [0.717, 1.165) is 17.1 Å². The van der Waals surface area contributed by atoms with Crippen LogP contribution in [0.4, 0.5) is 17.1 Å². The van der Waals surface area contributed by atoms with Crippen molar-refractivity contribution in [2.24, 2.45) is 0 Å². The molecule has 5 nitrogen and oxygen atoms in total. The number of anilines is 3. The smallest absolute Gasteiger partial charge is 0.230 e. The first-order valence-electron chi connectivity index (χ1n) is 7.52. The minimum atomic E-state index is -1.37. The van der Waals surface area contributed by atoms with Crippen molar-refractivity contribution in [3.05, 3.63) is 54.6 Å². The number of hydrogen-bond donors (Lipinski definition) is 1. The summed E-state index contributed by atoms with van der Waals surface area (Å²) in [6.07, 6.45) is 0.365. The van der Waals surface area contributed by atoms with Crippen molar-refractivity contribution < 1.29 is 9.00 Å². The van der Waals surface area contributed by atoms with Gasteiger partial charge in [-0.25, -0.2) is 8.51 Å². The number of nitrogens with zero attached hydrogens (tertiary/aromatic N) is 2. The van der Waals surface area contributed by atoms with E-state index in [2.05, 4.69) is 5.32 Å². The Balaban J connectivity index is 1.88. The number of hydrogen-bond acceptors (Lipinski definition) is 3. The van der Waals surface area contributed by atoms with Gasteiger partial charge in [-0.2, -0.15) is 0 Å². The highest BCUT2D eigenvalue weighted by atomic mass is 32.2. The number of likely N-dealkylation sites (N-methyl/N-ethyl adjacent to an activating group) is 1. The van der Waals surface area contributed by atoms with E-state index in [-0.39, 0.29) is 5.78 Å². The van der Waals surface area contributed by atoms with Crippen molar-refractivity contribution in [3.63, 3.8) is 0 Å². The van der Waals surface area contributed by atoms with Gasteiger partial charge in [0, 0.05) is 13.0 Å². The van der Waals surface area contributed by atoms with Gasteiger partial charge in [-0.05, 0) is 31.3 Å². The molecule has 2 aromatic rings. The average molecular weight is 329 g/mol. The van der Waals surface area contributed by atoms with Crippen LogP contribution in [0.15, 0.2) is 54.6 Å². The molecule has 23 heavy (non-hydrogen) atoms. The molecule has 1 unspecified atom stereocenters. The summed E-state index contributed by atoms with van der Waals surface area (Å²) in [4.78, 5) is 11.8. The number of carbonyl (C=O) groups is 1. The van der Waals surface area contributed by atoms with E-state index in [9.17, 15) is 9.00 Å². The molecular weight excluding hydrogens is 310 g/mol. The third kappa shape index (κ3) is 3.13. The lowest BCUT2D eigenvalue weighted by Gasteiger charge is -2.19. The van der Waals surface area contributed by atoms with Crippen LogP contribution in [0.3, 0.4) is 0 Å². The van der Waals surface area contributed by atoms with Gasteiger partial charge < -0.3 is 5.32 Å². The Bertz CT molecular complexity index is 721. The van der Waals surface area contributed by atoms with E-state index >= 15 is 0 Å². The summed E-state index contributed by atoms with van der Waals surface area (Å²) < 4.78 is 16.6. The zero-order chi connectivity index (χ0) is 16.2. The fraction of sp³-hybridized carbons (Fsp3) is 0.235. The van der Waals surface area contributed by atoms with Crippen molar-refractivity contribution in [1.82, 2.24) is 5.32 Å². The van der Waals surface area contributed by atoms with Gasteiger partial charge in [0.05, 0.1) is 23.6 Å². The van der Waals surface area contributed by atoms with Crippen molar-refractivity contribution in [2.75, 3.05) is 28.7 Å². The summed E-state index contributed by atoms with van der Waals surface area (Å²) in [5.41, 5.74) is 2.67. The molecule has 0 saturated carbocycles. The van der Waals surface area contributed by atoms with Crippen molar-refractivity contribution in [2.45, 2.75) is 6.42 Å². The zero-order valence-corrected chi connectivity index (χ0v) is 13.8. The van der Waals surface area contributed by atoms with Crippen molar-refractivity contribution in [1.29, 1.82) is 0 Å². The molecule has 1 aliphatic heterocycles. The zero-order valence-electron chi connectivity index (χ0n) is 12.9. The quantitative estimate of drug-likeness (QED) is 0.885. The molecule has 120 valence electrons. The molecule has 0 bridgehead atoms. The third-order valence-corrected chi connectivity index (χ3v) is 5.15. The number of rotatable bonds is 6. The van der Waals surface area contributed by atoms with E-state index in [1.165, 1.54) is 0 Å². The summed E-state index contributed by atoms with van der Waals surface area (Å²) in [5, 5.41) is 2.85. The van der Waals surface area contributed by atoms with Crippen LogP contribution in [-0.2, 0) is 16.0 Å². The van der Waals surface area contributed by atoms with Gasteiger partial charge in [-0.1, -0.05) is 30.3 Å². The van der Waals surface area contributed by atoms with Crippen LogP contribution in [0.2, 0.25) is 0 Å². The fourth-order valence-corrected chi connectivity index (χ4v) is 4.01. The number of ketones is 1. The first kappa shape index (κ1) is 15.7. The third-order valence-electron chi connectivity index (χ3n) is 3.67. The Labute approximate surface area is 138 Å². The molecule has 0 amide bonds. The molecule has 0 aromatic heterocycles. The monoisotopic (exact) mass is 329 g/mol. The van der Waals surface area contributed by atoms with Gasteiger partial charge in [0.25, 0.3) is 0 Å². The minimum Gasteiger partial charge on any atom is -0.313 e. The SMILES string of the molecule is CNCC(=O)CCN1c2ccccc2N(c2ccccc2)S1=O. The molecule has 1 atom stereocenters. The summed E-state index contributed by atoms with van der Waals surface area (Å²) in [6.45, 7) is 0.776. The number of fused-ring (bicyclic) bond motifs is 1. The highest BCUT2D eigenvalue weighted by Crippen LogP contribution is 2.43. The summed E-state index contributed by atoms with van der Waals surface area (Å²) >= 11 is -1.37. The van der Waals surface area contributed by atoms with E-state index < -0.39 is 11.2 Å². The Kier molecular flexibility index (Phi) is 4.73. The molecule has 1 heterocycles. The van der Waals surface area contributed by atoms with E-state index in [1.54, 1.807) is 15.7 Å². The molecule has 1 aliphatic rings. The van der Waals surface area contributed by atoms with Crippen LogP contribution < -0.4 is 13.9 Å². The van der Waals surface area contributed by atoms with Crippen LogP contribution >= 0.6 is 0 Å². The van der Waals surface area contributed by atoms with Crippen LogP contribution in [0.1, 0.15) is 6.42 Å². The van der Waals surface area contributed by atoms with Crippen LogP contribution in [-0.4, -0.2) is 30.1 Å². The second kappa shape index (κ2) is 6.93. The van der Waals surface area contributed by atoms with Crippen LogP contribution in [0.5, 0.6) is 0 Å². The predicted octanol–water partition coefficient (Wildman–Crippen LogP) is 2.40. The Morgan fingerprint density at radius 2 is 1.70 bits per heavy atom. The molecule has 2 aromatic carbocycles. The number of Topliss-reactive ketones (excluding diaryl/α,β-unsaturated/α-hetero) is 1. The molecule has 1 N–H and O–H groups in total. The number of carbonyl (C=O) groups excluding carboxylic acids is 1. The molecule has 0 aliphatic carbocycles. The second-order valence-corrected chi connectivity index (χ2v) is 6.54. The van der Waals surface area contributed by atoms with Gasteiger partial charge in [-0.3, -0.25) is 9.10 Å². The molecule has 3 rings (SSSR count). The van der Waals surface area contributed by atoms with Crippen LogP contribution in [0.25, 0.3) is 0 Å². The number of para-hydroxylation sites is 3. The maximum Gasteiger partial charge on any atom is 0.230 e. The number of benzene rings is 2. The molecule has 0 radical (unpaired) electrons. The normalized spacial score (nSPS) is 16.5.